The molecule has 0 aromatic heterocycles. The minimum absolute atomic E-state index is 0.225. The zero-order chi connectivity index (χ0) is 18.5. The van der Waals surface area contributed by atoms with E-state index in [9.17, 15) is 4.79 Å². The second-order valence-electron chi connectivity index (χ2n) is 6.84. The third-order valence-corrected chi connectivity index (χ3v) is 4.09. The molecule has 0 N–H and O–H groups in total. The lowest BCUT2D eigenvalue weighted by Crippen LogP contribution is -2.02. The lowest BCUT2D eigenvalue weighted by atomic mass is 10.0. The summed E-state index contributed by atoms with van der Waals surface area (Å²) >= 11 is 0. The van der Waals surface area contributed by atoms with Crippen LogP contribution in [0.4, 0.5) is 0 Å². The van der Waals surface area contributed by atoms with Crippen LogP contribution in [0.25, 0.3) is 0 Å². The topological polar surface area (TPSA) is 26.3 Å². The summed E-state index contributed by atoms with van der Waals surface area (Å²) in [5.74, 6) is 0.624. The van der Waals surface area contributed by atoms with Gasteiger partial charge in [-0.15, -0.1) is 0 Å². The molecule has 0 bridgehead atoms. The molecule has 0 heterocycles. The van der Waals surface area contributed by atoms with E-state index >= 15 is 0 Å². The monoisotopic (exact) mass is 332 g/mol. The quantitative estimate of drug-likeness (QED) is 0.243. The highest BCUT2D eigenvalue weighted by molar-refractivity contribution is 5.67. The molecular weight excluding hydrogens is 296 g/mol. The van der Waals surface area contributed by atoms with Crippen molar-refractivity contribution in [2.75, 3.05) is 0 Å². The zero-order valence-electron chi connectivity index (χ0n) is 16.8. The van der Waals surface area contributed by atoms with Crippen molar-refractivity contribution >= 4 is 5.97 Å². The molecule has 0 aliphatic rings. The van der Waals surface area contributed by atoms with Crippen LogP contribution in [0.15, 0.2) is 46.3 Å². The number of carbonyl (C=O) groups excluding carboxylic acids is 1. The number of carbonyl (C=O) groups is 1. The van der Waals surface area contributed by atoms with Gasteiger partial charge >= 0.3 is 5.97 Å². The molecule has 0 unspecified atom stereocenters. The smallest absolute Gasteiger partial charge is 0.307 e. The number of esters is 1. The summed E-state index contributed by atoms with van der Waals surface area (Å²) in [6.45, 7) is 14.2. The standard InChI is InChI=1S/C22H36O2/c1-8-18(4)12-10-13-19(5)15-16-22(24-21(7)23)20(6)14-9-11-17(2)3/h8,11,13H,9-10,12,14-16H2,1-7H3/b18-8+,19-13+,22-20+. The van der Waals surface area contributed by atoms with Crippen LogP contribution < -0.4 is 0 Å². The first-order chi connectivity index (χ1) is 11.3. The summed E-state index contributed by atoms with van der Waals surface area (Å²) in [5, 5.41) is 0. The Morgan fingerprint density at radius 3 is 1.96 bits per heavy atom. The van der Waals surface area contributed by atoms with Crippen LogP contribution in [0.5, 0.6) is 0 Å². The molecular formula is C22H36O2. The lowest BCUT2D eigenvalue weighted by Gasteiger charge is -2.12. The number of hydrogen-bond donors (Lipinski definition) is 0. The molecule has 0 aliphatic carbocycles. The van der Waals surface area contributed by atoms with Crippen molar-refractivity contribution in [2.45, 2.75) is 87.0 Å². The molecule has 0 aromatic carbocycles. The van der Waals surface area contributed by atoms with Crippen molar-refractivity contribution in [3.8, 4) is 0 Å². The first kappa shape index (κ1) is 22.4. The summed E-state index contributed by atoms with van der Waals surface area (Å²) in [4.78, 5) is 11.4. The molecule has 24 heavy (non-hydrogen) atoms. The van der Waals surface area contributed by atoms with E-state index in [4.69, 9.17) is 4.74 Å². The van der Waals surface area contributed by atoms with Gasteiger partial charge in [-0.25, -0.2) is 0 Å². The summed E-state index contributed by atoms with van der Waals surface area (Å²) < 4.78 is 5.46. The minimum atomic E-state index is -0.225. The van der Waals surface area contributed by atoms with Gasteiger partial charge in [0.05, 0.1) is 0 Å². The van der Waals surface area contributed by atoms with Gasteiger partial charge in [0.2, 0.25) is 0 Å². The fourth-order valence-corrected chi connectivity index (χ4v) is 2.35. The summed E-state index contributed by atoms with van der Waals surface area (Å²) in [5.41, 5.74) is 5.29. The van der Waals surface area contributed by atoms with Crippen molar-refractivity contribution in [2.24, 2.45) is 0 Å². The Bertz CT molecular complexity index is 512. The first-order valence-electron chi connectivity index (χ1n) is 9.04. The molecule has 0 aliphatic heterocycles. The summed E-state index contributed by atoms with van der Waals surface area (Å²) in [6.07, 6.45) is 12.6. The SMILES string of the molecule is C/C=C(\C)CC/C=C(\C)CC/C(OC(C)=O)=C(/C)CCC=C(C)C. The molecule has 0 spiro atoms. The molecule has 0 amide bonds. The highest BCUT2D eigenvalue weighted by Crippen LogP contribution is 2.21. The van der Waals surface area contributed by atoms with Crippen molar-refractivity contribution in [3.63, 3.8) is 0 Å². The molecule has 136 valence electrons. The number of allylic oxidation sites excluding steroid dienone is 8. The van der Waals surface area contributed by atoms with E-state index in [0.717, 1.165) is 44.3 Å². The normalized spacial score (nSPS) is 13.5. The summed E-state index contributed by atoms with van der Waals surface area (Å²) in [7, 11) is 0. The Labute approximate surface area is 149 Å². The fourth-order valence-electron chi connectivity index (χ4n) is 2.35. The molecule has 0 rings (SSSR count). The molecule has 0 fully saturated rings. The molecule has 2 heteroatoms. The average molecular weight is 333 g/mol. The van der Waals surface area contributed by atoms with Gasteiger partial charge in [-0.2, -0.15) is 0 Å². The van der Waals surface area contributed by atoms with Gasteiger partial charge in [0, 0.05) is 13.3 Å². The van der Waals surface area contributed by atoms with Crippen LogP contribution >= 0.6 is 0 Å². The Morgan fingerprint density at radius 1 is 0.792 bits per heavy atom. The highest BCUT2D eigenvalue weighted by atomic mass is 16.5. The van der Waals surface area contributed by atoms with Crippen LogP contribution in [-0.4, -0.2) is 5.97 Å². The van der Waals surface area contributed by atoms with Crippen molar-refractivity contribution in [1.82, 2.24) is 0 Å². The zero-order valence-corrected chi connectivity index (χ0v) is 16.8. The largest absolute Gasteiger partial charge is 0.431 e. The second kappa shape index (κ2) is 12.8. The van der Waals surface area contributed by atoms with Gasteiger partial charge < -0.3 is 4.74 Å². The maximum Gasteiger partial charge on any atom is 0.307 e. The van der Waals surface area contributed by atoms with E-state index in [1.165, 1.54) is 29.2 Å². The van der Waals surface area contributed by atoms with Crippen LogP contribution in [0.3, 0.4) is 0 Å². The van der Waals surface area contributed by atoms with E-state index < -0.39 is 0 Å². The van der Waals surface area contributed by atoms with Crippen molar-refractivity contribution in [1.29, 1.82) is 0 Å². The maximum atomic E-state index is 11.4. The Balaban J connectivity index is 4.69. The van der Waals surface area contributed by atoms with E-state index in [2.05, 4.69) is 59.8 Å². The Morgan fingerprint density at radius 2 is 1.42 bits per heavy atom. The molecule has 0 aromatic rings. The highest BCUT2D eigenvalue weighted by Gasteiger charge is 2.08. The molecule has 0 saturated heterocycles. The predicted molar refractivity (Wildman–Crippen MR) is 105 cm³/mol. The molecule has 0 atom stereocenters. The van der Waals surface area contributed by atoms with Crippen molar-refractivity contribution in [3.05, 3.63) is 46.3 Å². The van der Waals surface area contributed by atoms with E-state index in [1.807, 2.05) is 0 Å². The van der Waals surface area contributed by atoms with Crippen LogP contribution in [-0.2, 0) is 9.53 Å². The van der Waals surface area contributed by atoms with E-state index in [0.29, 0.717) is 0 Å². The van der Waals surface area contributed by atoms with Gasteiger partial charge in [-0.1, -0.05) is 34.9 Å². The van der Waals surface area contributed by atoms with Gasteiger partial charge in [-0.3, -0.25) is 4.79 Å². The van der Waals surface area contributed by atoms with Gasteiger partial charge in [0.15, 0.2) is 0 Å². The number of rotatable bonds is 10. The van der Waals surface area contributed by atoms with Crippen LogP contribution in [0.1, 0.15) is 87.0 Å². The lowest BCUT2D eigenvalue weighted by molar-refractivity contribution is -0.137. The third kappa shape index (κ3) is 11.9. The minimum Gasteiger partial charge on any atom is -0.431 e. The Kier molecular flexibility index (Phi) is 12.0. The maximum absolute atomic E-state index is 11.4. The Hall–Kier alpha value is -1.57. The van der Waals surface area contributed by atoms with E-state index in [-0.39, 0.29) is 5.97 Å². The fraction of sp³-hybridized carbons (Fsp3) is 0.591. The van der Waals surface area contributed by atoms with Crippen LogP contribution in [0, 0.1) is 0 Å². The van der Waals surface area contributed by atoms with Crippen molar-refractivity contribution < 1.29 is 9.53 Å². The molecule has 2 nitrogen and oxygen atoms in total. The third-order valence-electron chi connectivity index (χ3n) is 4.09. The van der Waals surface area contributed by atoms with E-state index in [1.54, 1.807) is 0 Å². The molecule has 0 radical (unpaired) electrons. The average Bonchev–Trinajstić information content (AvgIpc) is 2.50. The summed E-state index contributed by atoms with van der Waals surface area (Å²) in [6, 6.07) is 0. The number of ether oxygens (including phenoxy) is 1. The van der Waals surface area contributed by atoms with Gasteiger partial charge in [0.25, 0.3) is 0 Å². The first-order valence-corrected chi connectivity index (χ1v) is 9.04. The van der Waals surface area contributed by atoms with Gasteiger partial charge in [-0.05, 0) is 79.2 Å². The second-order valence-corrected chi connectivity index (χ2v) is 6.84. The number of hydrogen-bond acceptors (Lipinski definition) is 2. The molecule has 0 saturated carbocycles. The van der Waals surface area contributed by atoms with Gasteiger partial charge in [0.1, 0.15) is 5.76 Å². The van der Waals surface area contributed by atoms with Crippen LogP contribution in [0.2, 0.25) is 0 Å². The predicted octanol–water partition coefficient (Wildman–Crippen LogP) is 7.04.